The molecule has 1 fully saturated rings. The number of hydrogen-bond donors (Lipinski definition) is 3. The second kappa shape index (κ2) is 12.4. The van der Waals surface area contributed by atoms with E-state index in [2.05, 4.69) is 52.1 Å². The minimum atomic E-state index is -0.376. The topological polar surface area (TPSA) is 52.5 Å². The third-order valence-corrected chi connectivity index (χ3v) is 7.03. The van der Waals surface area contributed by atoms with Crippen molar-refractivity contribution in [3.8, 4) is 0 Å². The second-order valence-electron chi connectivity index (χ2n) is 11.2. The Hall–Kier alpha value is -0.640. The summed E-state index contributed by atoms with van der Waals surface area (Å²) in [6.45, 7) is 12.2. The van der Waals surface area contributed by atoms with E-state index in [-0.39, 0.29) is 23.7 Å². The predicted octanol–water partition coefficient (Wildman–Crippen LogP) is 6.01. The van der Waals surface area contributed by atoms with Crippen LogP contribution in [0.1, 0.15) is 98.8 Å². The summed E-state index contributed by atoms with van der Waals surface area (Å²) >= 11 is 0. The van der Waals surface area contributed by atoms with Crippen LogP contribution in [-0.4, -0.2) is 34.5 Å². The van der Waals surface area contributed by atoms with E-state index in [0.717, 1.165) is 25.8 Å². The summed E-state index contributed by atoms with van der Waals surface area (Å²) in [5.41, 5.74) is 1.82. The van der Waals surface area contributed by atoms with Crippen molar-refractivity contribution in [1.29, 1.82) is 0 Å². The molecule has 174 valence electrons. The van der Waals surface area contributed by atoms with Gasteiger partial charge in [0.15, 0.2) is 0 Å². The monoisotopic (exact) mass is 419 g/mol. The van der Waals surface area contributed by atoms with Gasteiger partial charge in [0.1, 0.15) is 0 Å². The Morgan fingerprint density at radius 1 is 1.20 bits per heavy atom. The van der Waals surface area contributed by atoms with E-state index in [9.17, 15) is 10.2 Å². The number of hydrogen-bond acceptors (Lipinski definition) is 3. The van der Waals surface area contributed by atoms with E-state index in [4.69, 9.17) is 0 Å². The Morgan fingerprint density at radius 2 is 1.97 bits per heavy atom. The number of aliphatic hydroxyl groups excluding tert-OH is 2. The lowest BCUT2D eigenvalue weighted by Crippen LogP contribution is -2.36. The lowest BCUT2D eigenvalue weighted by Gasteiger charge is -2.20. The highest BCUT2D eigenvalue weighted by Gasteiger charge is 2.43. The summed E-state index contributed by atoms with van der Waals surface area (Å²) in [4.78, 5) is 0. The second-order valence-corrected chi connectivity index (χ2v) is 11.2. The fourth-order valence-electron chi connectivity index (χ4n) is 5.33. The Labute approximate surface area is 186 Å². The van der Waals surface area contributed by atoms with Gasteiger partial charge in [-0.3, -0.25) is 0 Å². The van der Waals surface area contributed by atoms with Gasteiger partial charge in [0.25, 0.3) is 0 Å². The van der Waals surface area contributed by atoms with Crippen LogP contribution in [0.15, 0.2) is 23.8 Å². The molecule has 3 N–H and O–H groups in total. The first-order valence-electron chi connectivity index (χ1n) is 12.7. The van der Waals surface area contributed by atoms with Crippen molar-refractivity contribution in [2.45, 2.75) is 117 Å². The van der Waals surface area contributed by atoms with E-state index >= 15 is 0 Å². The molecular weight excluding hydrogens is 370 g/mol. The molecule has 2 aliphatic rings. The number of unbranched alkanes of at least 4 members (excludes halogenated alkanes) is 3. The van der Waals surface area contributed by atoms with Gasteiger partial charge in [-0.2, -0.15) is 0 Å². The molecule has 3 heteroatoms. The van der Waals surface area contributed by atoms with Crippen LogP contribution < -0.4 is 5.32 Å². The van der Waals surface area contributed by atoms with Crippen molar-refractivity contribution < 1.29 is 10.2 Å². The lowest BCUT2D eigenvalue weighted by molar-refractivity contribution is 0.139. The molecule has 2 aliphatic carbocycles. The van der Waals surface area contributed by atoms with Gasteiger partial charge in [0.2, 0.25) is 0 Å². The van der Waals surface area contributed by atoms with Crippen molar-refractivity contribution >= 4 is 0 Å². The van der Waals surface area contributed by atoms with Crippen molar-refractivity contribution in [3.05, 3.63) is 23.8 Å². The van der Waals surface area contributed by atoms with Crippen molar-refractivity contribution in [3.63, 3.8) is 0 Å². The van der Waals surface area contributed by atoms with Gasteiger partial charge in [-0.05, 0) is 83.6 Å². The maximum absolute atomic E-state index is 10.6. The van der Waals surface area contributed by atoms with E-state index < -0.39 is 0 Å². The quantitative estimate of drug-likeness (QED) is 0.253. The SMILES string of the molecule is CCCC[C@H](C)C[C@H](O)/C=C/[C@@H]1[C@H]2CC(CCCCCNC(C)(C)C)=C[C@H]2C[C@H]1O. The zero-order valence-corrected chi connectivity index (χ0v) is 20.4. The third kappa shape index (κ3) is 8.85. The maximum Gasteiger partial charge on any atom is 0.0723 e. The van der Waals surface area contributed by atoms with Gasteiger partial charge < -0.3 is 15.5 Å². The van der Waals surface area contributed by atoms with Crippen LogP contribution in [-0.2, 0) is 0 Å². The van der Waals surface area contributed by atoms with Crippen molar-refractivity contribution in [1.82, 2.24) is 5.32 Å². The van der Waals surface area contributed by atoms with Crippen molar-refractivity contribution in [2.75, 3.05) is 6.54 Å². The zero-order valence-electron chi connectivity index (χ0n) is 20.4. The van der Waals surface area contributed by atoms with Crippen LogP contribution >= 0.6 is 0 Å². The average Bonchev–Trinajstić information content (AvgIpc) is 3.16. The van der Waals surface area contributed by atoms with Crippen LogP contribution in [0.4, 0.5) is 0 Å². The first-order valence-corrected chi connectivity index (χ1v) is 12.7. The standard InChI is InChI=1S/C27H49NO2/c1-6-7-11-20(2)16-23(29)13-14-24-25-18-21(17-22(25)19-26(24)30)12-9-8-10-15-28-27(3,4)5/h13-14,17,20,22-26,28-30H,6-12,15-16,18-19H2,1-5H3/b14-13+/t20-,22-,23+,24+,25-,26+/m0/s1. The number of fused-ring (bicyclic) bond motifs is 1. The van der Waals surface area contributed by atoms with Crippen molar-refractivity contribution in [2.24, 2.45) is 23.7 Å². The molecule has 0 aromatic carbocycles. The van der Waals surface area contributed by atoms with Gasteiger partial charge >= 0.3 is 0 Å². The molecule has 0 heterocycles. The van der Waals surface area contributed by atoms with E-state index in [1.54, 1.807) is 5.57 Å². The van der Waals surface area contributed by atoms with E-state index in [0.29, 0.717) is 17.8 Å². The third-order valence-electron chi connectivity index (χ3n) is 7.03. The van der Waals surface area contributed by atoms with Gasteiger partial charge in [0.05, 0.1) is 12.2 Å². The van der Waals surface area contributed by atoms with Gasteiger partial charge in [0, 0.05) is 11.5 Å². The number of rotatable bonds is 13. The first kappa shape index (κ1) is 25.6. The van der Waals surface area contributed by atoms with E-state index in [1.807, 2.05) is 6.08 Å². The summed E-state index contributed by atoms with van der Waals surface area (Å²) in [6, 6.07) is 0. The largest absolute Gasteiger partial charge is 0.392 e. The molecule has 0 aliphatic heterocycles. The summed E-state index contributed by atoms with van der Waals surface area (Å²) in [5.74, 6) is 1.84. The molecule has 0 aromatic rings. The highest BCUT2D eigenvalue weighted by Crippen LogP contribution is 2.48. The molecular formula is C27H49NO2. The minimum absolute atomic E-state index is 0.209. The smallest absolute Gasteiger partial charge is 0.0723 e. The molecule has 0 aromatic heterocycles. The molecule has 6 atom stereocenters. The van der Waals surface area contributed by atoms with Crippen LogP contribution in [0.25, 0.3) is 0 Å². The number of aliphatic hydroxyl groups is 2. The average molecular weight is 420 g/mol. The predicted molar refractivity (Wildman–Crippen MR) is 128 cm³/mol. The molecule has 0 bridgehead atoms. The number of allylic oxidation sites excluding steroid dienone is 2. The van der Waals surface area contributed by atoms with Gasteiger partial charge in [-0.25, -0.2) is 0 Å². The highest BCUT2D eigenvalue weighted by molar-refractivity contribution is 5.21. The van der Waals surface area contributed by atoms with Crippen LogP contribution in [0.2, 0.25) is 0 Å². The minimum Gasteiger partial charge on any atom is -0.392 e. The Balaban J connectivity index is 1.71. The molecule has 0 radical (unpaired) electrons. The van der Waals surface area contributed by atoms with Gasteiger partial charge in [-0.15, -0.1) is 0 Å². The first-order chi connectivity index (χ1) is 14.2. The van der Waals surface area contributed by atoms with Crippen LogP contribution in [0.3, 0.4) is 0 Å². The molecule has 2 rings (SSSR count). The molecule has 1 saturated carbocycles. The lowest BCUT2D eigenvalue weighted by atomic mass is 9.88. The van der Waals surface area contributed by atoms with Crippen LogP contribution in [0, 0.1) is 23.7 Å². The fourth-order valence-corrected chi connectivity index (χ4v) is 5.33. The summed E-state index contributed by atoms with van der Waals surface area (Å²) in [7, 11) is 0. The summed E-state index contributed by atoms with van der Waals surface area (Å²) < 4.78 is 0. The molecule has 0 saturated heterocycles. The Bertz CT molecular complexity index is 548. The number of nitrogens with one attached hydrogen (secondary N) is 1. The molecule has 0 amide bonds. The normalized spacial score (nSPS) is 28.7. The zero-order chi connectivity index (χ0) is 22.1. The van der Waals surface area contributed by atoms with E-state index in [1.165, 1.54) is 44.9 Å². The molecule has 0 spiro atoms. The Kier molecular flexibility index (Phi) is 10.6. The highest BCUT2D eigenvalue weighted by atomic mass is 16.3. The van der Waals surface area contributed by atoms with Crippen LogP contribution in [0.5, 0.6) is 0 Å². The Morgan fingerprint density at radius 3 is 2.67 bits per heavy atom. The molecule has 30 heavy (non-hydrogen) atoms. The maximum atomic E-state index is 10.6. The fraction of sp³-hybridized carbons (Fsp3) is 0.852. The molecule has 3 nitrogen and oxygen atoms in total. The van der Waals surface area contributed by atoms with Gasteiger partial charge in [-0.1, -0.05) is 63.3 Å². The summed E-state index contributed by atoms with van der Waals surface area (Å²) in [6.07, 6.45) is 17.5. The summed E-state index contributed by atoms with van der Waals surface area (Å²) in [5, 5.41) is 24.5. The molecule has 0 unspecified atom stereocenters.